The van der Waals surface area contributed by atoms with Gasteiger partial charge in [0.25, 0.3) is 5.91 Å². The Morgan fingerprint density at radius 1 is 1.14 bits per heavy atom. The predicted molar refractivity (Wildman–Crippen MR) is 98.9 cm³/mol. The molecule has 144 valence electrons. The number of carbonyl (C=O) groups is 1. The minimum absolute atomic E-state index is 0.0361. The molecular weight excluding hydrogens is 389 g/mol. The lowest BCUT2D eigenvalue weighted by Gasteiger charge is -2.23. The molecule has 0 fully saturated rings. The van der Waals surface area contributed by atoms with E-state index in [9.17, 15) is 17.6 Å². The smallest absolute Gasteiger partial charge is 0.345 e. The van der Waals surface area contributed by atoms with E-state index in [1.165, 1.54) is 37.4 Å². The molecule has 10 heteroatoms. The van der Waals surface area contributed by atoms with Gasteiger partial charge in [0.15, 0.2) is 11.5 Å². The van der Waals surface area contributed by atoms with E-state index in [1.807, 2.05) is 0 Å². The second kappa shape index (κ2) is 6.64. The van der Waals surface area contributed by atoms with Gasteiger partial charge >= 0.3 is 10.2 Å². The summed E-state index contributed by atoms with van der Waals surface area (Å²) in [6.45, 7) is 0.0936. The fourth-order valence-electron chi connectivity index (χ4n) is 2.69. The number of benzene rings is 2. The highest BCUT2D eigenvalue weighted by atomic mass is 32.2. The highest BCUT2D eigenvalue weighted by Crippen LogP contribution is 2.34. The second-order valence-corrected chi connectivity index (χ2v) is 7.61. The number of rotatable bonds is 3. The minimum Gasteiger partial charge on any atom is -0.454 e. The third kappa shape index (κ3) is 3.29. The number of ether oxygens (including phenoxy) is 2. The summed E-state index contributed by atoms with van der Waals surface area (Å²) in [6, 6.07) is 9.97. The Kier molecular flexibility index (Phi) is 4.27. The minimum atomic E-state index is -4.11. The van der Waals surface area contributed by atoms with Gasteiger partial charge < -0.3 is 14.8 Å². The van der Waals surface area contributed by atoms with Gasteiger partial charge in [0.05, 0.1) is 5.71 Å². The van der Waals surface area contributed by atoms with E-state index < -0.39 is 21.9 Å². The van der Waals surface area contributed by atoms with Gasteiger partial charge in [-0.25, -0.2) is 8.70 Å². The summed E-state index contributed by atoms with van der Waals surface area (Å²) in [4.78, 5) is 12.7. The van der Waals surface area contributed by atoms with Crippen LogP contribution >= 0.6 is 0 Å². The van der Waals surface area contributed by atoms with Crippen LogP contribution < -0.4 is 14.8 Å². The van der Waals surface area contributed by atoms with E-state index in [0.29, 0.717) is 22.7 Å². The highest BCUT2D eigenvalue weighted by Gasteiger charge is 2.30. The molecule has 2 aromatic carbocycles. The molecule has 0 radical (unpaired) electrons. The summed E-state index contributed by atoms with van der Waals surface area (Å²) < 4.78 is 52.8. The van der Waals surface area contributed by atoms with Crippen molar-refractivity contribution in [1.82, 2.24) is 4.31 Å². The Bertz CT molecular complexity index is 1130. The number of hydrogen-bond donors (Lipinski definition) is 1. The predicted octanol–water partition coefficient (Wildman–Crippen LogP) is 2.06. The van der Waals surface area contributed by atoms with Crippen LogP contribution in [0.3, 0.4) is 0 Å². The van der Waals surface area contributed by atoms with Crippen molar-refractivity contribution < 1.29 is 27.1 Å². The molecule has 8 nitrogen and oxygen atoms in total. The first-order valence-corrected chi connectivity index (χ1v) is 9.51. The maximum absolute atomic E-state index is 13.1. The van der Waals surface area contributed by atoms with E-state index in [1.54, 1.807) is 18.2 Å². The first-order valence-electron chi connectivity index (χ1n) is 8.11. The molecule has 0 spiro atoms. The third-order valence-electron chi connectivity index (χ3n) is 4.18. The third-order valence-corrected chi connectivity index (χ3v) is 5.49. The average molecular weight is 403 g/mol. The van der Waals surface area contributed by atoms with Crippen molar-refractivity contribution in [2.24, 2.45) is 4.40 Å². The topological polar surface area (TPSA) is 97.3 Å². The zero-order chi connectivity index (χ0) is 19.9. The van der Waals surface area contributed by atoms with Gasteiger partial charge in [-0.15, -0.1) is 4.40 Å². The molecule has 2 heterocycles. The van der Waals surface area contributed by atoms with Gasteiger partial charge in [0.1, 0.15) is 11.5 Å². The van der Waals surface area contributed by atoms with Crippen molar-refractivity contribution in [3.05, 3.63) is 65.6 Å². The molecule has 0 saturated heterocycles. The molecule has 2 aliphatic heterocycles. The number of amides is 1. The van der Waals surface area contributed by atoms with Crippen molar-refractivity contribution in [2.75, 3.05) is 19.2 Å². The van der Waals surface area contributed by atoms with Crippen LogP contribution in [0.5, 0.6) is 11.5 Å². The Morgan fingerprint density at radius 2 is 1.86 bits per heavy atom. The fourth-order valence-corrected chi connectivity index (χ4v) is 3.60. The van der Waals surface area contributed by atoms with Gasteiger partial charge in [0.2, 0.25) is 6.79 Å². The van der Waals surface area contributed by atoms with Gasteiger partial charge in [-0.2, -0.15) is 8.42 Å². The second-order valence-electron chi connectivity index (χ2n) is 5.98. The van der Waals surface area contributed by atoms with Gasteiger partial charge in [0, 0.05) is 24.4 Å². The number of nitrogens with zero attached hydrogens (tertiary/aromatic N) is 2. The van der Waals surface area contributed by atoms with Crippen molar-refractivity contribution in [1.29, 1.82) is 0 Å². The molecule has 28 heavy (non-hydrogen) atoms. The summed E-state index contributed by atoms with van der Waals surface area (Å²) in [6.07, 6.45) is 1.33. The number of nitrogens with one attached hydrogen (secondary N) is 1. The van der Waals surface area contributed by atoms with Crippen LogP contribution in [-0.4, -0.2) is 38.2 Å². The van der Waals surface area contributed by atoms with Crippen molar-refractivity contribution in [3.63, 3.8) is 0 Å². The summed E-state index contributed by atoms with van der Waals surface area (Å²) in [7, 11) is -2.88. The normalized spacial score (nSPS) is 17.0. The van der Waals surface area contributed by atoms with E-state index in [0.717, 1.165) is 4.31 Å². The van der Waals surface area contributed by atoms with E-state index in [2.05, 4.69) is 9.71 Å². The lowest BCUT2D eigenvalue weighted by Crippen LogP contribution is -2.35. The quantitative estimate of drug-likeness (QED) is 0.846. The average Bonchev–Trinajstić information content (AvgIpc) is 3.12. The van der Waals surface area contributed by atoms with Crippen LogP contribution in [-0.2, 0) is 15.0 Å². The van der Waals surface area contributed by atoms with Gasteiger partial charge in [-0.1, -0.05) is 0 Å². The lowest BCUT2D eigenvalue weighted by molar-refractivity contribution is -0.113. The zero-order valence-electron chi connectivity index (χ0n) is 14.5. The van der Waals surface area contributed by atoms with E-state index in [-0.39, 0.29) is 18.2 Å². The summed E-state index contributed by atoms with van der Waals surface area (Å²) in [5.41, 5.74) is 0.680. The van der Waals surface area contributed by atoms with Gasteiger partial charge in [-0.05, 0) is 42.5 Å². The van der Waals surface area contributed by atoms with E-state index in [4.69, 9.17) is 9.47 Å². The van der Waals surface area contributed by atoms with E-state index >= 15 is 0 Å². The molecule has 4 rings (SSSR count). The molecule has 1 amide bonds. The summed E-state index contributed by atoms with van der Waals surface area (Å²) in [5.74, 6) is -0.0883. The monoisotopic (exact) mass is 403 g/mol. The van der Waals surface area contributed by atoms with Crippen LogP contribution in [0.4, 0.5) is 10.1 Å². The Morgan fingerprint density at radius 3 is 2.61 bits per heavy atom. The molecule has 2 aliphatic rings. The van der Waals surface area contributed by atoms with Crippen LogP contribution in [0.25, 0.3) is 0 Å². The maximum Gasteiger partial charge on any atom is 0.345 e. The Labute approximate surface area is 160 Å². The molecule has 0 aromatic heterocycles. The first-order chi connectivity index (χ1) is 13.3. The standard InChI is InChI=1S/C18H14FN3O5S/c1-22-15(18(23)20-13-6-7-16-17(8-13)27-10-26-16)9-14(21-28(22,24)25)11-2-4-12(19)5-3-11/h2-9H,10H2,1H3,(H,20,23). The van der Waals surface area contributed by atoms with Crippen LogP contribution in [0.15, 0.2) is 58.6 Å². The number of fused-ring (bicyclic) bond motifs is 1. The number of carbonyl (C=O) groups excluding carboxylic acids is 1. The number of anilines is 1. The summed E-state index contributed by atoms with van der Waals surface area (Å²) in [5, 5.41) is 2.63. The van der Waals surface area contributed by atoms with Crippen LogP contribution in [0.2, 0.25) is 0 Å². The summed E-state index contributed by atoms with van der Waals surface area (Å²) >= 11 is 0. The number of allylic oxidation sites excluding steroid dienone is 1. The van der Waals surface area contributed by atoms with Crippen LogP contribution in [0.1, 0.15) is 5.56 Å². The first kappa shape index (κ1) is 18.0. The number of halogens is 1. The molecule has 0 saturated carbocycles. The SMILES string of the molecule is CN1C(C(=O)Nc2ccc3c(c2)OCO3)=CC(c2ccc(F)cc2)=NS1(=O)=O. The number of hydrogen-bond acceptors (Lipinski definition) is 5. The Hall–Kier alpha value is -3.40. The van der Waals surface area contributed by atoms with Gasteiger partial charge in [-0.3, -0.25) is 4.79 Å². The molecule has 0 bridgehead atoms. The maximum atomic E-state index is 13.1. The largest absolute Gasteiger partial charge is 0.454 e. The highest BCUT2D eigenvalue weighted by molar-refractivity contribution is 7.88. The zero-order valence-corrected chi connectivity index (χ0v) is 15.4. The molecule has 0 aliphatic carbocycles. The molecule has 0 atom stereocenters. The fraction of sp³-hybridized carbons (Fsp3) is 0.111. The van der Waals surface area contributed by atoms with Crippen molar-refractivity contribution in [3.8, 4) is 11.5 Å². The van der Waals surface area contributed by atoms with Crippen molar-refractivity contribution >= 4 is 27.5 Å². The number of likely N-dealkylation sites (N-methyl/N-ethyl adjacent to an activating group) is 1. The molecule has 2 aromatic rings. The Balaban J connectivity index is 1.65. The molecule has 0 unspecified atom stereocenters. The van der Waals surface area contributed by atoms with Crippen LogP contribution in [0, 0.1) is 5.82 Å². The molecular formula is C18H14FN3O5S. The molecule has 1 N–H and O–H groups in total. The lowest BCUT2D eigenvalue weighted by atomic mass is 10.1. The van der Waals surface area contributed by atoms with Crippen molar-refractivity contribution in [2.45, 2.75) is 0 Å².